The van der Waals surface area contributed by atoms with Crippen LogP contribution in [0.1, 0.15) is 63.5 Å². The second-order valence-electron chi connectivity index (χ2n) is 15.5. The minimum Gasteiger partial charge on any atom is -0.372 e. The molecule has 14 nitrogen and oxygen atoms in total. The smallest absolute Gasteiger partial charge is 0.333 e. The van der Waals surface area contributed by atoms with Gasteiger partial charge in [0.15, 0.2) is 0 Å². The molecule has 0 aliphatic carbocycles. The fourth-order valence-electron chi connectivity index (χ4n) is 8.39. The molecule has 4 aromatic carbocycles. The van der Waals surface area contributed by atoms with E-state index in [4.69, 9.17) is 4.84 Å². The molecule has 0 spiro atoms. The number of unbranched alkanes of at least 4 members (excludes halogenated alkanes) is 2. The van der Waals surface area contributed by atoms with Crippen LogP contribution in [0.5, 0.6) is 0 Å². The monoisotopic (exact) mass is 841 g/mol. The third kappa shape index (κ3) is 7.68. The van der Waals surface area contributed by atoms with E-state index in [1.54, 1.807) is 6.07 Å². The highest BCUT2D eigenvalue weighted by atomic mass is 32.2. The second-order valence-corrected chi connectivity index (χ2v) is 18.3. The molecule has 3 aliphatic rings. The molecule has 1 saturated heterocycles. The van der Waals surface area contributed by atoms with Crippen molar-refractivity contribution in [1.29, 1.82) is 0 Å². The van der Waals surface area contributed by atoms with E-state index in [2.05, 4.69) is 44.7 Å². The van der Waals surface area contributed by atoms with Crippen molar-refractivity contribution >= 4 is 82.3 Å². The zero-order valence-corrected chi connectivity index (χ0v) is 34.9. The van der Waals surface area contributed by atoms with Crippen molar-refractivity contribution in [2.45, 2.75) is 67.6 Å². The van der Waals surface area contributed by atoms with Gasteiger partial charge in [0.05, 0.1) is 15.8 Å². The molecule has 7 rings (SSSR count). The summed E-state index contributed by atoms with van der Waals surface area (Å²) in [7, 11) is -3.70. The van der Waals surface area contributed by atoms with E-state index >= 15 is 0 Å². The number of carbonyl (C=O) groups is 3. The van der Waals surface area contributed by atoms with Gasteiger partial charge in [-0.3, -0.25) is 18.7 Å². The molecule has 1 fully saturated rings. The van der Waals surface area contributed by atoms with Crippen LogP contribution < -0.4 is 9.80 Å². The third-order valence-electron chi connectivity index (χ3n) is 11.1. The van der Waals surface area contributed by atoms with Crippen molar-refractivity contribution in [1.82, 2.24) is 5.06 Å². The van der Waals surface area contributed by atoms with Crippen LogP contribution in [0.2, 0.25) is 0 Å². The lowest BCUT2D eigenvalue weighted by atomic mass is 9.81. The lowest BCUT2D eigenvalue weighted by molar-refractivity contribution is -0.398. The Labute approximate surface area is 342 Å². The minimum absolute atomic E-state index is 0.00488. The summed E-state index contributed by atoms with van der Waals surface area (Å²) >= 11 is 0. The molecular formula is C43H45N4O10S2+. The highest BCUT2D eigenvalue weighted by Gasteiger charge is 2.42. The van der Waals surface area contributed by atoms with Gasteiger partial charge >= 0.3 is 5.97 Å². The van der Waals surface area contributed by atoms with Crippen molar-refractivity contribution in [3.8, 4) is 0 Å². The minimum atomic E-state index is -4.91. The summed E-state index contributed by atoms with van der Waals surface area (Å²) in [6, 6.07) is 15.7. The van der Waals surface area contributed by atoms with E-state index in [0.29, 0.717) is 42.1 Å². The largest absolute Gasteiger partial charge is 0.372 e. The van der Waals surface area contributed by atoms with Crippen molar-refractivity contribution < 1.29 is 49.7 Å². The number of carbonyl (C=O) groups excluding carboxylic acids is 3. The number of anilines is 2. The van der Waals surface area contributed by atoms with Gasteiger partial charge in [0.2, 0.25) is 11.4 Å². The summed E-state index contributed by atoms with van der Waals surface area (Å²) in [5.74, 6) is -1.78. The maximum Gasteiger partial charge on any atom is 0.333 e. The van der Waals surface area contributed by atoms with Crippen LogP contribution in [0, 0.1) is 0 Å². The average Bonchev–Trinajstić information content (AvgIpc) is 3.72. The summed E-state index contributed by atoms with van der Waals surface area (Å²) in [6.07, 6.45) is 11.3. The first kappa shape index (κ1) is 41.5. The highest BCUT2D eigenvalue weighted by Crippen LogP contribution is 2.52. The maximum atomic E-state index is 12.5. The molecule has 2 amide bonds. The molecule has 0 atom stereocenters. The first-order chi connectivity index (χ1) is 27.8. The zero-order chi connectivity index (χ0) is 42.6. The fourth-order valence-corrected chi connectivity index (χ4v) is 9.73. The van der Waals surface area contributed by atoms with E-state index < -0.39 is 53.2 Å². The molecule has 0 saturated carbocycles. The second kappa shape index (κ2) is 15.5. The quantitative estimate of drug-likeness (QED) is 0.0485. The van der Waals surface area contributed by atoms with Gasteiger partial charge in [-0.25, -0.2) is 4.79 Å². The van der Waals surface area contributed by atoms with E-state index in [9.17, 15) is 40.3 Å². The van der Waals surface area contributed by atoms with Gasteiger partial charge in [0.1, 0.15) is 17.6 Å². The molecule has 2 N–H and O–H groups in total. The number of hydroxylamine groups is 2. The Hall–Kier alpha value is -5.68. The Morgan fingerprint density at radius 1 is 0.898 bits per heavy atom. The number of benzene rings is 4. The number of amides is 2. The van der Waals surface area contributed by atoms with E-state index in [-0.39, 0.29) is 30.0 Å². The summed E-state index contributed by atoms with van der Waals surface area (Å²) in [4.78, 5) is 44.0. The van der Waals surface area contributed by atoms with E-state index in [1.165, 1.54) is 17.5 Å². The van der Waals surface area contributed by atoms with Gasteiger partial charge in [0, 0.05) is 68.2 Å². The SMILES string of the molecule is CN(C)c1ccc2cccc3c2c1[N+](C)=C3/C=C/C=C/C=C1/N(CCCCCC(=O)ON2C(=O)CCC2=O)c2ccc3c(S(=O)(=O)O)cc(S(=O)(=O)O)cc3c2C1(C)C. The van der Waals surface area contributed by atoms with Gasteiger partial charge in [-0.1, -0.05) is 62.8 Å². The lowest BCUT2D eigenvalue weighted by Crippen LogP contribution is -2.32. The van der Waals surface area contributed by atoms with Gasteiger partial charge in [-0.05, 0) is 65.6 Å². The average molecular weight is 842 g/mol. The first-order valence-electron chi connectivity index (χ1n) is 19.1. The molecule has 0 radical (unpaired) electrons. The first-order valence-corrected chi connectivity index (χ1v) is 22.0. The molecule has 0 aromatic heterocycles. The third-order valence-corrected chi connectivity index (χ3v) is 12.8. The molecule has 3 aliphatic heterocycles. The van der Waals surface area contributed by atoms with Crippen molar-refractivity contribution in [3.63, 3.8) is 0 Å². The Bertz CT molecular complexity index is 2810. The molecule has 4 aromatic rings. The number of rotatable bonds is 13. The van der Waals surface area contributed by atoms with Crippen molar-refractivity contribution in [3.05, 3.63) is 102 Å². The van der Waals surface area contributed by atoms with Crippen LogP contribution in [-0.2, 0) is 44.9 Å². The number of imide groups is 1. The Morgan fingerprint density at radius 3 is 2.31 bits per heavy atom. The summed E-state index contributed by atoms with van der Waals surface area (Å²) in [6.45, 7) is 4.29. The zero-order valence-electron chi connectivity index (χ0n) is 33.3. The van der Waals surface area contributed by atoms with Crippen LogP contribution in [0.15, 0.2) is 100 Å². The summed E-state index contributed by atoms with van der Waals surface area (Å²) < 4.78 is 72.2. The Balaban J connectivity index is 1.21. The molecule has 0 unspecified atom stereocenters. The molecule has 3 heterocycles. The van der Waals surface area contributed by atoms with Crippen LogP contribution >= 0.6 is 0 Å². The van der Waals surface area contributed by atoms with Crippen molar-refractivity contribution in [2.24, 2.45) is 0 Å². The number of hydrogen-bond donors (Lipinski definition) is 2. The van der Waals surface area contributed by atoms with Gasteiger partial charge in [0.25, 0.3) is 32.1 Å². The Kier molecular flexibility index (Phi) is 10.9. The van der Waals surface area contributed by atoms with Crippen LogP contribution in [0.3, 0.4) is 0 Å². The standard InChI is InChI=1S/C43H44N4O10S2/c1-43(2)36(16-9-6-8-15-32-30-14-12-13-27-18-20-34(44(3)4)42(40(27)30)45(32)5)46(24-11-7-10-17-39(50)57-47-37(48)22-23-38(47)49)33-21-19-29-31(41(33)43)25-28(58(51,52)53)26-35(29)59(54,55)56/h6,8-9,12-16,18-21,25-26H,7,10-11,17,22-24H2,1-5H3,(H-,51,52,53,54,55,56)/p+1. The highest BCUT2D eigenvalue weighted by molar-refractivity contribution is 7.86. The van der Waals surface area contributed by atoms with Gasteiger partial charge in [-0.15, -0.1) is 5.06 Å². The van der Waals surface area contributed by atoms with Crippen LogP contribution in [-0.4, -0.2) is 86.8 Å². The summed E-state index contributed by atoms with van der Waals surface area (Å²) in [5.41, 5.74) is 5.61. The van der Waals surface area contributed by atoms with Gasteiger partial charge in [-0.2, -0.15) is 21.4 Å². The van der Waals surface area contributed by atoms with E-state index in [1.807, 2.05) is 65.4 Å². The predicted octanol–water partition coefficient (Wildman–Crippen LogP) is 6.59. The van der Waals surface area contributed by atoms with E-state index in [0.717, 1.165) is 39.8 Å². The van der Waals surface area contributed by atoms with Gasteiger partial charge < -0.3 is 14.6 Å². The number of nitrogens with zero attached hydrogens (tertiary/aromatic N) is 4. The Morgan fingerprint density at radius 2 is 1.63 bits per heavy atom. The summed E-state index contributed by atoms with van der Waals surface area (Å²) in [5, 5.41) is 3.18. The number of hydrogen-bond acceptors (Lipinski definition) is 10. The molecule has 308 valence electrons. The predicted molar refractivity (Wildman–Crippen MR) is 224 cm³/mol. The maximum absolute atomic E-state index is 12.5. The number of fused-ring (bicyclic) bond motifs is 3. The molecular weight excluding hydrogens is 797 g/mol. The lowest BCUT2D eigenvalue weighted by Gasteiger charge is -2.27. The topological polar surface area (TPSA) is 182 Å². The number of allylic oxidation sites excluding steroid dienone is 6. The van der Waals surface area contributed by atoms with Crippen molar-refractivity contribution in [2.75, 3.05) is 37.5 Å². The molecule has 16 heteroatoms. The fraction of sp³-hybridized carbons (Fsp3) is 0.302. The normalized spacial score (nSPS) is 17.2. The molecule has 59 heavy (non-hydrogen) atoms. The van der Waals surface area contributed by atoms with Crippen LogP contribution in [0.25, 0.3) is 21.5 Å². The van der Waals surface area contributed by atoms with Crippen LogP contribution in [0.4, 0.5) is 17.1 Å². The molecule has 0 bridgehead atoms.